The number of nitrogens with zero attached hydrogens (tertiary/aromatic N) is 3. The summed E-state index contributed by atoms with van der Waals surface area (Å²) in [6, 6.07) is 1.59. The molecule has 1 N–H and O–H groups in total. The second-order valence-corrected chi connectivity index (χ2v) is 12.7. The summed E-state index contributed by atoms with van der Waals surface area (Å²) in [5.41, 5.74) is -3.56. The molecule has 0 aromatic carbocycles. The molecule has 3 aromatic heterocycles. The number of ether oxygens (including phenoxy) is 1. The van der Waals surface area contributed by atoms with Crippen LogP contribution in [0.15, 0.2) is 41.2 Å². The van der Waals surface area contributed by atoms with Crippen LogP contribution in [0.5, 0.6) is 5.75 Å². The number of aromatic nitrogens is 1. The van der Waals surface area contributed by atoms with Crippen molar-refractivity contribution in [2.24, 2.45) is 0 Å². The van der Waals surface area contributed by atoms with Gasteiger partial charge in [0.1, 0.15) is 22.4 Å². The van der Waals surface area contributed by atoms with Crippen LogP contribution >= 0.6 is 22.7 Å². The van der Waals surface area contributed by atoms with Crippen molar-refractivity contribution in [1.82, 2.24) is 14.8 Å². The van der Waals surface area contributed by atoms with E-state index in [1.54, 1.807) is 18.4 Å². The molecule has 0 spiro atoms. The number of carboxylic acids is 1. The van der Waals surface area contributed by atoms with E-state index in [-0.39, 0.29) is 44.5 Å². The van der Waals surface area contributed by atoms with Crippen LogP contribution in [0.1, 0.15) is 64.0 Å². The topological polar surface area (TPSA) is 100 Å². The highest BCUT2D eigenvalue weighted by atomic mass is 32.1. The molecule has 2 aliphatic heterocycles. The van der Waals surface area contributed by atoms with Crippen molar-refractivity contribution in [2.45, 2.75) is 75.6 Å². The minimum Gasteiger partial charge on any atom is -0.480 e. The third-order valence-corrected chi connectivity index (χ3v) is 9.91. The molecule has 16 heteroatoms. The summed E-state index contributed by atoms with van der Waals surface area (Å²) in [4.78, 5) is 46.6. The van der Waals surface area contributed by atoms with Gasteiger partial charge in [-0.2, -0.15) is 26.3 Å². The van der Waals surface area contributed by atoms with Gasteiger partial charge >= 0.3 is 18.3 Å². The summed E-state index contributed by atoms with van der Waals surface area (Å²) in [5, 5.41) is 12.9. The number of halogens is 6. The molecule has 3 atom stereocenters. The van der Waals surface area contributed by atoms with Gasteiger partial charge in [0.25, 0.3) is 11.8 Å². The summed E-state index contributed by atoms with van der Waals surface area (Å²) in [7, 11) is 0. The zero-order valence-electron chi connectivity index (χ0n) is 23.7. The first-order valence-corrected chi connectivity index (χ1v) is 15.7. The van der Waals surface area contributed by atoms with Crippen molar-refractivity contribution in [3.05, 3.63) is 67.8 Å². The Morgan fingerprint density at radius 1 is 1.11 bits per heavy atom. The molecule has 45 heavy (non-hydrogen) atoms. The van der Waals surface area contributed by atoms with Gasteiger partial charge in [-0.25, -0.2) is 4.79 Å². The highest BCUT2D eigenvalue weighted by Gasteiger charge is 2.57. The number of amides is 2. The molecular weight excluding hydrogens is 648 g/mol. The average molecular weight is 676 g/mol. The number of carbonyl (C=O) groups excluding carboxylic acids is 2. The Kier molecular flexibility index (Phi) is 8.92. The molecule has 0 saturated carbocycles. The summed E-state index contributed by atoms with van der Waals surface area (Å²) < 4.78 is 88.5. The van der Waals surface area contributed by atoms with Gasteiger partial charge in [0, 0.05) is 41.9 Å². The monoisotopic (exact) mass is 675 g/mol. The minimum absolute atomic E-state index is 0.0117. The van der Waals surface area contributed by atoms with Crippen LogP contribution in [0.3, 0.4) is 0 Å². The molecule has 2 aliphatic rings. The Bertz CT molecular complexity index is 1590. The first-order valence-electron chi connectivity index (χ1n) is 13.9. The SMILES string of the molecule is CCC[C@H]1N(C(=O)c2ncccc2C(F)(F)F)CCC[C@@]1(Oc1csc(C(F)(F)F)c1)C(=O)N1Cc2sccc2CC1C(=O)O. The molecule has 1 saturated heterocycles. The van der Waals surface area contributed by atoms with Crippen LogP contribution in [0.25, 0.3) is 0 Å². The average Bonchev–Trinajstić information content (AvgIpc) is 3.65. The maximum absolute atomic E-state index is 14.7. The largest absolute Gasteiger partial charge is 0.480 e. The normalized spacial score (nSPS) is 22.2. The number of aliphatic carboxylic acids is 1. The number of hydrogen-bond acceptors (Lipinski definition) is 7. The number of carbonyl (C=O) groups is 3. The van der Waals surface area contributed by atoms with Crippen LogP contribution < -0.4 is 4.74 Å². The predicted molar refractivity (Wildman–Crippen MR) is 151 cm³/mol. The third kappa shape index (κ3) is 6.26. The van der Waals surface area contributed by atoms with Gasteiger partial charge in [0.2, 0.25) is 5.60 Å². The van der Waals surface area contributed by atoms with Crippen LogP contribution in [-0.2, 0) is 34.9 Å². The summed E-state index contributed by atoms with van der Waals surface area (Å²) in [5.74, 6) is -3.64. The number of thiophene rings is 2. The van der Waals surface area contributed by atoms with Crippen molar-refractivity contribution < 1.29 is 50.6 Å². The molecule has 5 heterocycles. The van der Waals surface area contributed by atoms with Gasteiger partial charge in [-0.3, -0.25) is 14.6 Å². The zero-order chi connectivity index (χ0) is 32.7. The molecule has 0 bridgehead atoms. The Morgan fingerprint density at radius 2 is 1.87 bits per heavy atom. The fourth-order valence-electron chi connectivity index (χ4n) is 6.02. The molecule has 3 aromatic rings. The van der Waals surface area contributed by atoms with E-state index in [1.807, 2.05) is 0 Å². The van der Waals surface area contributed by atoms with Crippen LogP contribution in [0, 0.1) is 0 Å². The maximum Gasteiger partial charge on any atom is 0.425 e. The van der Waals surface area contributed by atoms with Gasteiger partial charge < -0.3 is 19.6 Å². The molecule has 1 unspecified atom stereocenters. The van der Waals surface area contributed by atoms with Crippen LogP contribution in [0.4, 0.5) is 26.3 Å². The fraction of sp³-hybridized carbons (Fsp3) is 0.448. The van der Waals surface area contributed by atoms with Gasteiger partial charge in [0.15, 0.2) is 0 Å². The summed E-state index contributed by atoms with van der Waals surface area (Å²) >= 11 is 1.63. The second kappa shape index (κ2) is 12.3. The van der Waals surface area contributed by atoms with E-state index in [0.29, 0.717) is 34.8 Å². The lowest BCUT2D eigenvalue weighted by molar-refractivity contribution is -0.168. The summed E-state index contributed by atoms with van der Waals surface area (Å²) in [6.45, 7) is 1.49. The first kappa shape index (κ1) is 32.7. The molecular formula is C29H27F6N3O5S2. The molecule has 2 amide bonds. The molecule has 242 valence electrons. The second-order valence-electron chi connectivity index (χ2n) is 10.8. The van der Waals surface area contributed by atoms with E-state index in [4.69, 9.17) is 4.74 Å². The minimum atomic E-state index is -4.93. The van der Waals surface area contributed by atoms with E-state index in [1.165, 1.54) is 11.3 Å². The highest BCUT2D eigenvalue weighted by molar-refractivity contribution is 7.10. The van der Waals surface area contributed by atoms with Gasteiger partial charge in [-0.1, -0.05) is 13.3 Å². The van der Waals surface area contributed by atoms with Crippen LogP contribution in [0.2, 0.25) is 0 Å². The number of carboxylic acid groups (broad SMARTS) is 1. The first-order chi connectivity index (χ1) is 21.2. The predicted octanol–water partition coefficient (Wildman–Crippen LogP) is 6.50. The number of piperidine rings is 1. The molecule has 8 nitrogen and oxygen atoms in total. The summed E-state index contributed by atoms with van der Waals surface area (Å²) in [6.07, 6.45) is -8.44. The Balaban J connectivity index is 1.64. The van der Waals surface area contributed by atoms with E-state index in [2.05, 4.69) is 4.98 Å². The maximum atomic E-state index is 14.7. The van der Waals surface area contributed by atoms with Crippen molar-refractivity contribution in [1.29, 1.82) is 0 Å². The van der Waals surface area contributed by atoms with Crippen molar-refractivity contribution in [3.8, 4) is 5.75 Å². The van der Waals surface area contributed by atoms with Crippen molar-refractivity contribution >= 4 is 40.5 Å². The zero-order valence-corrected chi connectivity index (χ0v) is 25.3. The Morgan fingerprint density at radius 3 is 2.51 bits per heavy atom. The number of pyridine rings is 1. The van der Waals surface area contributed by atoms with Crippen LogP contribution in [-0.4, -0.2) is 61.9 Å². The molecule has 1 fully saturated rings. The number of fused-ring (bicyclic) bond motifs is 1. The van der Waals surface area contributed by atoms with E-state index >= 15 is 0 Å². The third-order valence-electron chi connectivity index (χ3n) is 8.00. The molecule has 5 rings (SSSR count). The molecule has 0 radical (unpaired) electrons. The number of hydrogen-bond donors (Lipinski definition) is 1. The van der Waals surface area contributed by atoms with Gasteiger partial charge in [-0.15, -0.1) is 22.7 Å². The fourth-order valence-corrected chi connectivity index (χ4v) is 7.61. The lowest BCUT2D eigenvalue weighted by atomic mass is 9.79. The van der Waals surface area contributed by atoms with E-state index in [0.717, 1.165) is 33.0 Å². The Labute approximate surface area is 261 Å². The number of rotatable bonds is 7. The quantitative estimate of drug-likeness (QED) is 0.287. The van der Waals surface area contributed by atoms with Crippen molar-refractivity contribution in [2.75, 3.05) is 6.54 Å². The van der Waals surface area contributed by atoms with E-state index in [9.17, 15) is 45.8 Å². The lowest BCUT2D eigenvalue weighted by Crippen LogP contribution is -2.69. The standard InChI is InChI=1S/C29H27F6N3O5S2/c1-2-5-21-27(43-17-13-22(45-15-17)29(33,34)35,26(42)38-14-20-16(7-11-44-20)12-19(38)25(40)41)8-4-10-37(21)24(39)23-18(28(30,31)32)6-3-9-36-23/h3,6-7,9,11,13,15,19,21H,2,4-5,8,10,12,14H2,1H3,(H,40,41)/t19?,21-,27+/m1/s1. The van der Waals surface area contributed by atoms with Crippen molar-refractivity contribution in [3.63, 3.8) is 0 Å². The number of likely N-dealkylation sites (tertiary alicyclic amines) is 1. The Hall–Kier alpha value is -3.66. The van der Waals surface area contributed by atoms with E-state index < -0.39 is 64.0 Å². The highest BCUT2D eigenvalue weighted by Crippen LogP contribution is 2.43. The van der Waals surface area contributed by atoms with Gasteiger partial charge in [0.05, 0.1) is 18.2 Å². The lowest BCUT2D eigenvalue weighted by Gasteiger charge is -2.50. The smallest absolute Gasteiger partial charge is 0.425 e. The number of alkyl halides is 6. The molecule has 0 aliphatic carbocycles. The van der Waals surface area contributed by atoms with Gasteiger partial charge in [-0.05, 0) is 42.0 Å².